The molecule has 1 heterocycles. The molecule has 4 nitrogen and oxygen atoms in total. The lowest BCUT2D eigenvalue weighted by atomic mass is 9.95. The van der Waals surface area contributed by atoms with Crippen molar-refractivity contribution in [2.24, 2.45) is 0 Å². The summed E-state index contributed by atoms with van der Waals surface area (Å²) in [6, 6.07) is 16.3. The van der Waals surface area contributed by atoms with Gasteiger partial charge in [-0.2, -0.15) is 11.8 Å². The average Bonchev–Trinajstić information content (AvgIpc) is 3.14. The fourth-order valence-corrected chi connectivity index (χ4v) is 5.45. The van der Waals surface area contributed by atoms with Gasteiger partial charge in [-0.25, -0.2) is 9.55 Å². The van der Waals surface area contributed by atoms with E-state index in [1.165, 1.54) is 24.8 Å². The smallest absolute Gasteiger partial charge is 0.234 e. The number of fused-ring (bicyclic) bond motifs is 1. The summed E-state index contributed by atoms with van der Waals surface area (Å²) in [5.74, 6) is 1.97. The molecule has 0 saturated heterocycles. The maximum atomic E-state index is 13.4. The van der Waals surface area contributed by atoms with Gasteiger partial charge >= 0.3 is 0 Å². The largest absolute Gasteiger partial charge is 0.325 e. The molecule has 178 valence electrons. The van der Waals surface area contributed by atoms with Crippen molar-refractivity contribution in [3.8, 4) is 0 Å². The first-order chi connectivity index (χ1) is 15.8. The number of carbonyl (C=O) groups excluding carboxylic acids is 1. The Morgan fingerprint density at radius 3 is 2.58 bits per heavy atom. The van der Waals surface area contributed by atoms with Crippen molar-refractivity contribution in [1.82, 2.24) is 9.55 Å². The Morgan fingerprint density at radius 1 is 1.12 bits per heavy atom. The minimum Gasteiger partial charge on any atom is -0.325 e. The number of benzene rings is 2. The van der Waals surface area contributed by atoms with Crippen LogP contribution in [-0.2, 0) is 0 Å². The van der Waals surface area contributed by atoms with Gasteiger partial charge in [-0.05, 0) is 48.6 Å². The molecule has 1 atom stereocenters. The second-order valence-corrected chi connectivity index (χ2v) is 11.4. The first kappa shape index (κ1) is 25.4. The van der Waals surface area contributed by atoms with E-state index in [-0.39, 0.29) is 10.7 Å². The lowest BCUT2D eigenvalue weighted by Crippen LogP contribution is -2.18. The Balaban J connectivity index is 1.89. The molecule has 0 bridgehead atoms. The van der Waals surface area contributed by atoms with Gasteiger partial charge in [-0.3, -0.25) is 4.79 Å². The predicted molar refractivity (Wildman–Crippen MR) is 144 cm³/mol. The number of aromatic nitrogens is 2. The van der Waals surface area contributed by atoms with E-state index in [1.807, 2.05) is 42.1 Å². The van der Waals surface area contributed by atoms with E-state index in [2.05, 4.69) is 58.1 Å². The average molecular weight is 466 g/mol. The van der Waals surface area contributed by atoms with Crippen molar-refractivity contribution in [3.05, 3.63) is 54.1 Å². The first-order valence-electron chi connectivity index (χ1n) is 12.4. The van der Waals surface area contributed by atoms with E-state index in [4.69, 9.17) is 4.98 Å². The van der Waals surface area contributed by atoms with Gasteiger partial charge < -0.3 is 5.32 Å². The van der Waals surface area contributed by atoms with Crippen LogP contribution < -0.4 is 5.32 Å². The molecular formula is C28H39N3OS. The maximum absolute atomic E-state index is 13.4. The number of unbranched alkanes of at least 4 members (excludes halogenated alkanes) is 1. The van der Waals surface area contributed by atoms with Gasteiger partial charge in [0.2, 0.25) is 11.9 Å². The number of hydrogen-bond acceptors (Lipinski definition) is 4. The normalized spacial score (nSPS) is 12.8. The lowest BCUT2D eigenvalue weighted by Gasteiger charge is -2.23. The molecule has 3 rings (SSSR count). The molecule has 0 fully saturated rings. The highest BCUT2D eigenvalue weighted by molar-refractivity contribution is 8.00. The van der Waals surface area contributed by atoms with Gasteiger partial charge in [0.1, 0.15) is 0 Å². The van der Waals surface area contributed by atoms with Crippen LogP contribution in [0.1, 0.15) is 89.4 Å². The van der Waals surface area contributed by atoms with E-state index in [0.717, 1.165) is 35.3 Å². The number of rotatable bonds is 12. The Morgan fingerprint density at radius 2 is 1.88 bits per heavy atom. The summed E-state index contributed by atoms with van der Waals surface area (Å²) >= 11 is 1.88. The topological polar surface area (TPSA) is 46.9 Å². The summed E-state index contributed by atoms with van der Waals surface area (Å²) in [5.41, 5.74) is 3.97. The zero-order valence-electron chi connectivity index (χ0n) is 20.9. The third kappa shape index (κ3) is 6.86. The van der Waals surface area contributed by atoms with E-state index < -0.39 is 0 Å². The van der Waals surface area contributed by atoms with Crippen LogP contribution in [0.25, 0.3) is 11.0 Å². The second-order valence-electron chi connectivity index (χ2n) is 9.56. The molecule has 1 unspecified atom stereocenters. The summed E-state index contributed by atoms with van der Waals surface area (Å²) in [6.45, 7) is 11.2. The van der Waals surface area contributed by atoms with E-state index in [9.17, 15) is 4.79 Å². The van der Waals surface area contributed by atoms with Gasteiger partial charge in [-0.1, -0.05) is 78.1 Å². The molecule has 0 aliphatic rings. The molecule has 0 saturated carbocycles. The number of anilines is 2. The molecule has 2 aromatic carbocycles. The number of nitrogens with one attached hydrogen (secondary N) is 1. The molecule has 0 aliphatic heterocycles. The molecule has 0 radical (unpaired) electrons. The fraction of sp³-hybridized carbons (Fsp3) is 0.500. The summed E-state index contributed by atoms with van der Waals surface area (Å²) in [4.78, 5) is 18.3. The molecule has 1 aromatic heterocycles. The van der Waals surface area contributed by atoms with Crippen LogP contribution in [0.3, 0.4) is 0 Å². The Bertz CT molecular complexity index is 1040. The lowest BCUT2D eigenvalue weighted by molar-refractivity contribution is 0.0917. The third-order valence-electron chi connectivity index (χ3n) is 6.18. The Kier molecular flexibility index (Phi) is 9.02. The van der Waals surface area contributed by atoms with Crippen LogP contribution in [0.2, 0.25) is 0 Å². The molecule has 0 spiro atoms. The van der Waals surface area contributed by atoms with Gasteiger partial charge in [0, 0.05) is 22.6 Å². The van der Waals surface area contributed by atoms with Crippen molar-refractivity contribution in [2.75, 3.05) is 11.1 Å². The van der Waals surface area contributed by atoms with E-state index >= 15 is 0 Å². The number of carbonyl (C=O) groups is 1. The van der Waals surface area contributed by atoms with E-state index in [0.29, 0.717) is 18.3 Å². The summed E-state index contributed by atoms with van der Waals surface area (Å²) < 4.78 is 1.97. The summed E-state index contributed by atoms with van der Waals surface area (Å²) in [6.07, 6.45) is 6.39. The number of imidazole rings is 1. The number of para-hydroxylation sites is 1. The molecule has 0 aliphatic carbocycles. The van der Waals surface area contributed by atoms with Crippen LogP contribution in [0.5, 0.6) is 0 Å². The van der Waals surface area contributed by atoms with Crippen molar-refractivity contribution in [3.63, 3.8) is 0 Å². The monoisotopic (exact) mass is 465 g/mol. The fourth-order valence-electron chi connectivity index (χ4n) is 4.27. The maximum Gasteiger partial charge on any atom is 0.234 e. The molecule has 33 heavy (non-hydrogen) atoms. The van der Waals surface area contributed by atoms with Crippen LogP contribution in [0.15, 0.2) is 48.5 Å². The second kappa shape index (κ2) is 11.7. The van der Waals surface area contributed by atoms with Crippen LogP contribution >= 0.6 is 11.8 Å². The Labute approximate surface area is 203 Å². The molecule has 5 heteroatoms. The summed E-state index contributed by atoms with van der Waals surface area (Å²) in [7, 11) is 0. The Hall–Kier alpha value is -2.27. The van der Waals surface area contributed by atoms with E-state index in [1.54, 1.807) is 4.57 Å². The molecule has 0 amide bonds. The first-order valence-corrected chi connectivity index (χ1v) is 13.3. The molecule has 3 aromatic rings. The quantitative estimate of drug-likeness (QED) is 0.291. The highest BCUT2D eigenvalue weighted by atomic mass is 32.2. The van der Waals surface area contributed by atoms with Crippen molar-refractivity contribution in [2.45, 2.75) is 83.8 Å². The SMILES string of the molecule is CCCCC(C)c1ccc2c(c1)nc(Nc1ccccc1)n2C(=O)CCSC(C)(C)CCC. The summed E-state index contributed by atoms with van der Waals surface area (Å²) in [5, 5.41) is 3.38. The molecule has 1 N–H and O–H groups in total. The number of thioether (sulfide) groups is 1. The third-order valence-corrected chi connectivity index (χ3v) is 7.57. The standard InChI is InChI=1S/C28H39N3OS/c1-6-8-12-21(3)22-15-16-25-24(20-22)30-27(29-23-13-10-9-11-14-23)31(25)26(32)17-19-33-28(4,5)18-7-2/h9-11,13-16,20-21H,6-8,12,17-19H2,1-5H3,(H,29,30). The van der Waals surface area contributed by atoms with Crippen molar-refractivity contribution >= 4 is 40.3 Å². The molecular weight excluding hydrogens is 426 g/mol. The van der Waals surface area contributed by atoms with Gasteiger partial charge in [0.25, 0.3) is 0 Å². The predicted octanol–water partition coefficient (Wildman–Crippen LogP) is 8.42. The highest BCUT2D eigenvalue weighted by Crippen LogP contribution is 2.31. The van der Waals surface area contributed by atoms with Gasteiger partial charge in [-0.15, -0.1) is 0 Å². The number of nitrogens with zero attached hydrogens (tertiary/aromatic N) is 2. The number of hydrogen-bond donors (Lipinski definition) is 1. The van der Waals surface area contributed by atoms with Gasteiger partial charge in [0.05, 0.1) is 11.0 Å². The zero-order valence-corrected chi connectivity index (χ0v) is 21.7. The minimum absolute atomic E-state index is 0.0857. The zero-order chi connectivity index (χ0) is 23.8. The van der Waals surface area contributed by atoms with Crippen LogP contribution in [0, 0.1) is 0 Å². The van der Waals surface area contributed by atoms with Gasteiger partial charge in [0.15, 0.2) is 0 Å². The highest BCUT2D eigenvalue weighted by Gasteiger charge is 2.21. The van der Waals surface area contributed by atoms with Crippen LogP contribution in [0.4, 0.5) is 11.6 Å². The van der Waals surface area contributed by atoms with Crippen LogP contribution in [-0.4, -0.2) is 26.0 Å². The van der Waals surface area contributed by atoms with Crippen molar-refractivity contribution in [1.29, 1.82) is 0 Å². The van der Waals surface area contributed by atoms with Crippen molar-refractivity contribution < 1.29 is 4.79 Å². The minimum atomic E-state index is 0.0857.